The Morgan fingerprint density at radius 3 is 2.50 bits per heavy atom. The molecule has 1 aliphatic heterocycles. The number of piperidine rings is 1. The molecule has 170 valence electrons. The van der Waals surface area contributed by atoms with Gasteiger partial charge in [-0.05, 0) is 62.6 Å². The van der Waals surface area contributed by atoms with Crippen LogP contribution in [0, 0.1) is 0 Å². The molecule has 6 heteroatoms. The van der Waals surface area contributed by atoms with Crippen molar-refractivity contribution in [2.75, 3.05) is 27.3 Å². The Bertz CT molecular complexity index is 1080. The van der Waals surface area contributed by atoms with Gasteiger partial charge in [0.1, 0.15) is 17.2 Å². The summed E-state index contributed by atoms with van der Waals surface area (Å²) >= 11 is 0. The summed E-state index contributed by atoms with van der Waals surface area (Å²) in [5.74, 6) is 1.54. The van der Waals surface area contributed by atoms with Gasteiger partial charge in [-0.25, -0.2) is 0 Å². The summed E-state index contributed by atoms with van der Waals surface area (Å²) in [4.78, 5) is 15.9. The maximum absolute atomic E-state index is 13.4. The first-order valence-corrected chi connectivity index (χ1v) is 11.3. The van der Waals surface area contributed by atoms with Crippen molar-refractivity contribution in [3.05, 3.63) is 59.8 Å². The Balaban J connectivity index is 1.64. The zero-order chi connectivity index (χ0) is 22.7. The largest absolute Gasteiger partial charge is 0.497 e. The number of hydrogen-bond acceptors (Lipinski definition) is 4. The van der Waals surface area contributed by atoms with Crippen molar-refractivity contribution in [1.82, 2.24) is 14.8 Å². The first-order valence-electron chi connectivity index (χ1n) is 11.3. The molecule has 32 heavy (non-hydrogen) atoms. The maximum Gasteiger partial charge on any atom is 0.268 e. The Kier molecular flexibility index (Phi) is 6.70. The third-order valence-corrected chi connectivity index (χ3v) is 6.43. The Morgan fingerprint density at radius 1 is 1.06 bits per heavy atom. The van der Waals surface area contributed by atoms with Crippen molar-refractivity contribution in [3.8, 4) is 11.5 Å². The SMILES string of the molecule is COc1cccc(Cn2c(C(=O)NC3CCN(C(C)C)CC3)cc3c(OC)cccc32)c1. The van der Waals surface area contributed by atoms with Crippen molar-refractivity contribution in [2.45, 2.75) is 45.3 Å². The molecule has 3 aromatic rings. The average Bonchev–Trinajstić information content (AvgIpc) is 3.18. The van der Waals surface area contributed by atoms with E-state index in [0.29, 0.717) is 18.3 Å². The predicted octanol–water partition coefficient (Wildman–Crippen LogP) is 4.31. The number of ether oxygens (including phenoxy) is 2. The van der Waals surface area contributed by atoms with Crippen LogP contribution < -0.4 is 14.8 Å². The standard InChI is InChI=1S/C26H33N3O3/c1-18(2)28-13-11-20(12-14-28)27-26(30)24-16-22-23(9-6-10-25(22)32-4)29(24)17-19-7-5-8-21(15-19)31-3/h5-10,15-16,18,20H,11-14,17H2,1-4H3,(H,27,30). The van der Waals surface area contributed by atoms with Crippen LogP contribution in [0.3, 0.4) is 0 Å². The number of rotatable bonds is 7. The van der Waals surface area contributed by atoms with Crippen molar-refractivity contribution < 1.29 is 14.3 Å². The number of likely N-dealkylation sites (tertiary alicyclic amines) is 1. The van der Waals surface area contributed by atoms with Crippen LogP contribution in [0.25, 0.3) is 10.9 Å². The lowest BCUT2D eigenvalue weighted by atomic mass is 10.0. The highest BCUT2D eigenvalue weighted by atomic mass is 16.5. The molecule has 1 amide bonds. The van der Waals surface area contributed by atoms with Crippen molar-refractivity contribution in [2.24, 2.45) is 0 Å². The predicted molar refractivity (Wildman–Crippen MR) is 128 cm³/mol. The molecule has 0 spiro atoms. The summed E-state index contributed by atoms with van der Waals surface area (Å²) in [5, 5.41) is 4.23. The van der Waals surface area contributed by atoms with E-state index in [-0.39, 0.29) is 11.9 Å². The summed E-state index contributed by atoms with van der Waals surface area (Å²) in [6.45, 7) is 7.06. The highest BCUT2D eigenvalue weighted by Crippen LogP contribution is 2.30. The number of carbonyl (C=O) groups excluding carboxylic acids is 1. The molecule has 6 nitrogen and oxygen atoms in total. The topological polar surface area (TPSA) is 55.7 Å². The summed E-state index contributed by atoms with van der Waals surface area (Å²) < 4.78 is 13.0. The van der Waals surface area contributed by atoms with Crippen LogP contribution >= 0.6 is 0 Å². The zero-order valence-corrected chi connectivity index (χ0v) is 19.4. The first-order chi connectivity index (χ1) is 15.5. The molecule has 0 saturated carbocycles. The lowest BCUT2D eigenvalue weighted by Crippen LogP contribution is -2.46. The first kappa shape index (κ1) is 22.2. The van der Waals surface area contributed by atoms with E-state index >= 15 is 0 Å². The van der Waals surface area contributed by atoms with Gasteiger partial charge in [0.2, 0.25) is 0 Å². The maximum atomic E-state index is 13.4. The molecule has 1 aliphatic rings. The number of carbonyl (C=O) groups is 1. The quantitative estimate of drug-likeness (QED) is 0.601. The number of nitrogens with zero attached hydrogens (tertiary/aromatic N) is 2. The molecule has 4 rings (SSSR count). The molecule has 1 N–H and O–H groups in total. The monoisotopic (exact) mass is 435 g/mol. The van der Waals surface area contributed by atoms with Crippen molar-refractivity contribution in [3.63, 3.8) is 0 Å². The van der Waals surface area contributed by atoms with E-state index in [1.165, 1.54) is 0 Å². The molecule has 0 atom stereocenters. The van der Waals surface area contributed by atoms with Crippen LogP contribution in [-0.2, 0) is 6.54 Å². The molecule has 0 aliphatic carbocycles. The van der Waals surface area contributed by atoms with Gasteiger partial charge in [-0.3, -0.25) is 4.79 Å². The minimum absolute atomic E-state index is 0.0332. The molecule has 1 aromatic heterocycles. The van der Waals surface area contributed by atoms with Gasteiger partial charge >= 0.3 is 0 Å². The molecule has 0 radical (unpaired) electrons. The number of nitrogens with one attached hydrogen (secondary N) is 1. The third-order valence-electron chi connectivity index (χ3n) is 6.43. The van der Waals surface area contributed by atoms with Gasteiger partial charge in [0, 0.05) is 37.1 Å². The van der Waals surface area contributed by atoms with Gasteiger partial charge in [0.05, 0.1) is 19.7 Å². The fraction of sp³-hybridized carbons (Fsp3) is 0.423. The van der Waals surface area contributed by atoms with Gasteiger partial charge in [-0.1, -0.05) is 18.2 Å². The average molecular weight is 436 g/mol. The smallest absolute Gasteiger partial charge is 0.268 e. The number of benzene rings is 2. The molecule has 0 bridgehead atoms. The van der Waals surface area contributed by atoms with Crippen LogP contribution in [0.1, 0.15) is 42.7 Å². The normalized spacial score (nSPS) is 15.3. The fourth-order valence-electron chi connectivity index (χ4n) is 4.57. The van der Waals surface area contributed by atoms with Gasteiger partial charge in [0.15, 0.2) is 0 Å². The number of fused-ring (bicyclic) bond motifs is 1. The molecular formula is C26H33N3O3. The van der Waals surface area contributed by atoms with Crippen molar-refractivity contribution in [1.29, 1.82) is 0 Å². The third kappa shape index (κ3) is 4.60. The second-order valence-corrected chi connectivity index (χ2v) is 8.74. The highest BCUT2D eigenvalue weighted by molar-refractivity contribution is 6.00. The van der Waals surface area contributed by atoms with Crippen LogP contribution in [0.2, 0.25) is 0 Å². The summed E-state index contributed by atoms with van der Waals surface area (Å²) in [5.41, 5.74) is 2.70. The second kappa shape index (κ2) is 9.65. The van der Waals surface area contributed by atoms with Gasteiger partial charge in [-0.15, -0.1) is 0 Å². The van der Waals surface area contributed by atoms with Gasteiger partial charge < -0.3 is 24.3 Å². The lowest BCUT2D eigenvalue weighted by Gasteiger charge is -2.34. The van der Waals surface area contributed by atoms with Crippen LogP contribution in [0.5, 0.6) is 11.5 Å². The van der Waals surface area contributed by atoms with E-state index in [1.54, 1.807) is 14.2 Å². The summed E-state index contributed by atoms with van der Waals surface area (Å²) in [6, 6.07) is 16.6. The summed E-state index contributed by atoms with van der Waals surface area (Å²) in [6.07, 6.45) is 1.95. The molecular weight excluding hydrogens is 402 g/mol. The molecule has 0 unspecified atom stereocenters. The van der Waals surface area contributed by atoms with Crippen LogP contribution in [0.4, 0.5) is 0 Å². The number of methoxy groups -OCH3 is 2. The van der Waals surface area contributed by atoms with Crippen LogP contribution in [-0.4, -0.2) is 54.8 Å². The Morgan fingerprint density at radius 2 is 1.81 bits per heavy atom. The van der Waals surface area contributed by atoms with Crippen molar-refractivity contribution >= 4 is 16.8 Å². The Hall–Kier alpha value is -2.99. The Labute approximate surface area is 190 Å². The van der Waals surface area contributed by atoms with Crippen LogP contribution in [0.15, 0.2) is 48.5 Å². The molecule has 1 saturated heterocycles. The van der Waals surface area contributed by atoms with E-state index in [0.717, 1.165) is 53.9 Å². The lowest BCUT2D eigenvalue weighted by molar-refractivity contribution is 0.0892. The molecule has 2 aromatic carbocycles. The van der Waals surface area contributed by atoms with Gasteiger partial charge in [-0.2, -0.15) is 0 Å². The van der Waals surface area contributed by atoms with E-state index in [1.807, 2.05) is 42.5 Å². The zero-order valence-electron chi connectivity index (χ0n) is 19.4. The molecule has 2 heterocycles. The van der Waals surface area contributed by atoms with E-state index in [9.17, 15) is 4.79 Å². The molecule has 1 fully saturated rings. The van der Waals surface area contributed by atoms with E-state index < -0.39 is 0 Å². The second-order valence-electron chi connectivity index (χ2n) is 8.74. The number of amides is 1. The van der Waals surface area contributed by atoms with E-state index in [2.05, 4.69) is 34.7 Å². The van der Waals surface area contributed by atoms with E-state index in [4.69, 9.17) is 9.47 Å². The highest BCUT2D eigenvalue weighted by Gasteiger charge is 2.25. The summed E-state index contributed by atoms with van der Waals surface area (Å²) in [7, 11) is 3.33. The minimum atomic E-state index is -0.0332. The van der Waals surface area contributed by atoms with Gasteiger partial charge in [0.25, 0.3) is 5.91 Å². The minimum Gasteiger partial charge on any atom is -0.497 e. The fourth-order valence-corrected chi connectivity index (χ4v) is 4.57. The number of aromatic nitrogens is 1. The number of hydrogen-bond donors (Lipinski definition) is 1.